The van der Waals surface area contributed by atoms with E-state index in [1.807, 2.05) is 0 Å². The van der Waals surface area contributed by atoms with E-state index in [1.54, 1.807) is 13.8 Å². The Morgan fingerprint density at radius 1 is 1.33 bits per heavy atom. The molecule has 0 saturated carbocycles. The van der Waals surface area contributed by atoms with Crippen LogP contribution in [0.25, 0.3) is 0 Å². The first-order valence-electron chi connectivity index (χ1n) is 5.40. The number of aromatic nitrogens is 1. The molecule has 1 aromatic rings. The predicted molar refractivity (Wildman–Crippen MR) is 60.6 cm³/mol. The lowest BCUT2D eigenvalue weighted by Gasteiger charge is -2.13. The van der Waals surface area contributed by atoms with Crippen molar-refractivity contribution in [3.05, 3.63) is 12.1 Å². The first-order valence-corrected chi connectivity index (χ1v) is 5.40. The van der Waals surface area contributed by atoms with Crippen LogP contribution in [0.2, 0.25) is 0 Å². The molecule has 0 fully saturated rings. The molecule has 0 bridgehead atoms. The van der Waals surface area contributed by atoms with Gasteiger partial charge in [-0.3, -0.25) is 0 Å². The molecule has 0 spiro atoms. The van der Waals surface area contributed by atoms with Crippen molar-refractivity contribution in [2.75, 3.05) is 12.3 Å². The maximum Gasteiger partial charge on any atom is 0.392 e. The summed E-state index contributed by atoms with van der Waals surface area (Å²) < 4.78 is 46.0. The van der Waals surface area contributed by atoms with E-state index in [9.17, 15) is 13.2 Å². The molecule has 0 aliphatic heterocycles. The maximum absolute atomic E-state index is 11.9. The van der Waals surface area contributed by atoms with Crippen molar-refractivity contribution in [1.29, 1.82) is 0 Å². The molecular formula is C11H15F3N2O2. The third-order valence-corrected chi connectivity index (χ3v) is 1.85. The fraction of sp³-hybridized carbons (Fsp3) is 0.545. The molecule has 0 atom stereocenters. The van der Waals surface area contributed by atoms with Gasteiger partial charge in [-0.2, -0.15) is 18.2 Å². The minimum absolute atomic E-state index is 0.0594. The molecule has 102 valence electrons. The molecule has 1 aromatic heterocycles. The van der Waals surface area contributed by atoms with Crippen molar-refractivity contribution in [1.82, 2.24) is 4.98 Å². The highest BCUT2D eigenvalue weighted by molar-refractivity contribution is 5.49. The zero-order chi connectivity index (χ0) is 13.8. The van der Waals surface area contributed by atoms with Crippen LogP contribution in [0.15, 0.2) is 12.1 Å². The number of hydrogen-bond acceptors (Lipinski definition) is 4. The Balaban J connectivity index is 2.61. The lowest BCUT2D eigenvalue weighted by molar-refractivity contribution is -0.139. The summed E-state index contributed by atoms with van der Waals surface area (Å²) in [5, 5.41) is 0. The van der Waals surface area contributed by atoms with Crippen LogP contribution in [-0.4, -0.2) is 23.9 Å². The summed E-state index contributed by atoms with van der Waals surface area (Å²) in [6.45, 7) is 3.10. The molecule has 0 radical (unpaired) electrons. The maximum atomic E-state index is 11.9. The molecule has 0 aliphatic rings. The van der Waals surface area contributed by atoms with Crippen molar-refractivity contribution < 1.29 is 22.6 Å². The Kier molecular flexibility index (Phi) is 4.63. The number of nitrogen functional groups attached to an aromatic ring is 1. The SMILES string of the molecule is CC(C)Oc1nc(OCCC(F)(F)F)ccc1N. The number of anilines is 1. The van der Waals surface area contributed by atoms with Crippen molar-refractivity contribution in [2.24, 2.45) is 0 Å². The normalized spacial score (nSPS) is 11.7. The van der Waals surface area contributed by atoms with Crippen LogP contribution in [0.4, 0.5) is 18.9 Å². The third kappa shape index (κ3) is 5.11. The van der Waals surface area contributed by atoms with E-state index >= 15 is 0 Å². The number of nitrogens with two attached hydrogens (primary N) is 1. The molecule has 4 nitrogen and oxygen atoms in total. The van der Waals surface area contributed by atoms with E-state index in [0.29, 0.717) is 5.69 Å². The predicted octanol–water partition coefficient (Wildman–Crippen LogP) is 2.78. The standard InChI is InChI=1S/C11H15F3N2O2/c1-7(2)18-10-8(15)3-4-9(16-10)17-6-5-11(12,13)14/h3-4,7H,5-6,15H2,1-2H3. The highest BCUT2D eigenvalue weighted by Gasteiger charge is 2.26. The van der Waals surface area contributed by atoms with Crippen molar-refractivity contribution in [3.8, 4) is 11.8 Å². The summed E-state index contributed by atoms with van der Waals surface area (Å²) >= 11 is 0. The van der Waals surface area contributed by atoms with Gasteiger partial charge < -0.3 is 15.2 Å². The Morgan fingerprint density at radius 3 is 2.56 bits per heavy atom. The van der Waals surface area contributed by atoms with Gasteiger partial charge in [-0.05, 0) is 19.9 Å². The molecule has 7 heteroatoms. The first-order chi connectivity index (χ1) is 8.28. The summed E-state index contributed by atoms with van der Waals surface area (Å²) in [5.41, 5.74) is 5.92. The lowest BCUT2D eigenvalue weighted by atomic mass is 10.4. The van der Waals surface area contributed by atoms with E-state index in [4.69, 9.17) is 15.2 Å². The highest BCUT2D eigenvalue weighted by Crippen LogP contribution is 2.24. The van der Waals surface area contributed by atoms with Crippen molar-refractivity contribution in [2.45, 2.75) is 32.5 Å². The second-order valence-corrected chi connectivity index (χ2v) is 3.92. The highest BCUT2D eigenvalue weighted by atomic mass is 19.4. The number of alkyl halides is 3. The summed E-state index contributed by atoms with van der Waals surface area (Å²) in [7, 11) is 0. The molecule has 1 rings (SSSR count). The molecule has 18 heavy (non-hydrogen) atoms. The van der Waals surface area contributed by atoms with E-state index in [2.05, 4.69) is 4.98 Å². The Morgan fingerprint density at radius 2 is 2.00 bits per heavy atom. The van der Waals surface area contributed by atoms with Gasteiger partial charge in [0.15, 0.2) is 0 Å². The summed E-state index contributed by atoms with van der Waals surface area (Å²) in [6.07, 6.45) is -5.41. The van der Waals surface area contributed by atoms with Crippen LogP contribution < -0.4 is 15.2 Å². The first kappa shape index (κ1) is 14.4. The van der Waals surface area contributed by atoms with Gasteiger partial charge >= 0.3 is 6.18 Å². The largest absolute Gasteiger partial charge is 0.477 e. The molecule has 0 aliphatic carbocycles. The topological polar surface area (TPSA) is 57.4 Å². The fourth-order valence-corrected chi connectivity index (χ4v) is 1.10. The molecule has 2 N–H and O–H groups in total. The number of ether oxygens (including phenoxy) is 2. The number of rotatable bonds is 5. The van der Waals surface area contributed by atoms with Gasteiger partial charge in [-0.15, -0.1) is 0 Å². The smallest absolute Gasteiger partial charge is 0.392 e. The van der Waals surface area contributed by atoms with Crippen LogP contribution in [0, 0.1) is 0 Å². The van der Waals surface area contributed by atoms with Gasteiger partial charge in [0.2, 0.25) is 11.8 Å². The average Bonchev–Trinajstić information content (AvgIpc) is 2.20. The van der Waals surface area contributed by atoms with Gasteiger partial charge in [-0.25, -0.2) is 0 Å². The number of halogens is 3. The summed E-state index contributed by atoms with van der Waals surface area (Å²) in [6, 6.07) is 2.88. The molecular weight excluding hydrogens is 249 g/mol. The van der Waals surface area contributed by atoms with E-state index < -0.39 is 19.2 Å². The van der Waals surface area contributed by atoms with E-state index in [1.165, 1.54) is 12.1 Å². The lowest BCUT2D eigenvalue weighted by Crippen LogP contribution is -2.14. The zero-order valence-electron chi connectivity index (χ0n) is 10.1. The minimum Gasteiger partial charge on any atom is -0.477 e. The fourth-order valence-electron chi connectivity index (χ4n) is 1.10. The van der Waals surface area contributed by atoms with Gasteiger partial charge in [0.1, 0.15) is 0 Å². The number of pyridine rings is 1. The monoisotopic (exact) mass is 264 g/mol. The minimum atomic E-state index is -4.24. The Bertz CT molecular complexity index is 394. The summed E-state index contributed by atoms with van der Waals surface area (Å²) in [5.74, 6) is 0.221. The quantitative estimate of drug-likeness (QED) is 0.888. The van der Waals surface area contributed by atoms with Crippen molar-refractivity contribution in [3.63, 3.8) is 0 Å². The number of hydrogen-bond donors (Lipinski definition) is 1. The van der Waals surface area contributed by atoms with Crippen LogP contribution >= 0.6 is 0 Å². The van der Waals surface area contributed by atoms with Gasteiger partial charge in [-0.1, -0.05) is 0 Å². The molecule has 0 amide bonds. The van der Waals surface area contributed by atoms with Gasteiger partial charge in [0.25, 0.3) is 0 Å². The van der Waals surface area contributed by atoms with E-state index in [0.717, 1.165) is 0 Å². The molecule has 0 unspecified atom stereocenters. The summed E-state index contributed by atoms with van der Waals surface area (Å²) in [4.78, 5) is 3.90. The van der Waals surface area contributed by atoms with Crippen LogP contribution in [0.3, 0.4) is 0 Å². The molecule has 0 aromatic carbocycles. The second kappa shape index (κ2) is 5.79. The van der Waals surface area contributed by atoms with Gasteiger partial charge in [0, 0.05) is 6.07 Å². The van der Waals surface area contributed by atoms with E-state index in [-0.39, 0.29) is 17.9 Å². The van der Waals surface area contributed by atoms with Crippen LogP contribution in [0.5, 0.6) is 11.8 Å². The average molecular weight is 264 g/mol. The number of nitrogens with zero attached hydrogens (tertiary/aromatic N) is 1. The zero-order valence-corrected chi connectivity index (χ0v) is 10.1. The molecule has 1 heterocycles. The third-order valence-electron chi connectivity index (χ3n) is 1.85. The van der Waals surface area contributed by atoms with Gasteiger partial charge in [0.05, 0.1) is 24.8 Å². The van der Waals surface area contributed by atoms with Crippen LogP contribution in [-0.2, 0) is 0 Å². The molecule has 0 saturated heterocycles. The second-order valence-electron chi connectivity index (χ2n) is 3.92. The van der Waals surface area contributed by atoms with Crippen molar-refractivity contribution >= 4 is 5.69 Å². The Labute approximate surface area is 103 Å². The Hall–Kier alpha value is -1.66. The van der Waals surface area contributed by atoms with Crippen LogP contribution in [0.1, 0.15) is 20.3 Å².